The van der Waals surface area contributed by atoms with Crippen molar-refractivity contribution in [2.24, 2.45) is 0 Å². The van der Waals surface area contributed by atoms with Gasteiger partial charge in [0.05, 0.1) is 24.6 Å². The Bertz CT molecular complexity index is 827. The quantitative estimate of drug-likeness (QED) is 0.866. The molecule has 0 bridgehead atoms. The Morgan fingerprint density at radius 1 is 0.897 bits per heavy atom. The predicted octanol–water partition coefficient (Wildman–Crippen LogP) is 2.86. The van der Waals surface area contributed by atoms with Gasteiger partial charge in [-0.1, -0.05) is 42.0 Å². The van der Waals surface area contributed by atoms with Crippen molar-refractivity contribution >= 4 is 17.4 Å². The fourth-order valence-corrected chi connectivity index (χ4v) is 4.07. The molecule has 0 aliphatic carbocycles. The maximum Gasteiger partial charge on any atom is 0.317 e. The molecule has 6 nitrogen and oxygen atoms in total. The number of carbonyl (C=O) groups is 1. The molecule has 2 saturated heterocycles. The van der Waals surface area contributed by atoms with Crippen LogP contribution in [0.1, 0.15) is 11.1 Å². The highest BCUT2D eigenvalue weighted by Crippen LogP contribution is 2.30. The van der Waals surface area contributed by atoms with Crippen molar-refractivity contribution in [3.05, 3.63) is 59.7 Å². The molecule has 1 N–H and O–H groups in total. The molecule has 2 aromatic rings. The summed E-state index contributed by atoms with van der Waals surface area (Å²) in [5.74, 6) is 0. The van der Waals surface area contributed by atoms with E-state index in [1.165, 1.54) is 16.9 Å². The standard InChI is InChI=1S/C23H30N4O2/c1-19-5-4-6-20(17-19)18-24-23(28)27-11-9-25(10-12-27)21-7-2-3-8-22(21)26-13-15-29-16-14-26/h2-8,17H,9-16,18H2,1H3,(H,24,28). The van der Waals surface area contributed by atoms with E-state index in [9.17, 15) is 4.79 Å². The molecule has 2 aromatic carbocycles. The summed E-state index contributed by atoms with van der Waals surface area (Å²) in [4.78, 5) is 19.3. The molecule has 6 heteroatoms. The first-order valence-electron chi connectivity index (χ1n) is 10.5. The van der Waals surface area contributed by atoms with Gasteiger partial charge in [-0.05, 0) is 24.6 Å². The molecular weight excluding hydrogens is 364 g/mol. The number of rotatable bonds is 4. The molecule has 29 heavy (non-hydrogen) atoms. The number of para-hydroxylation sites is 2. The maximum absolute atomic E-state index is 12.6. The van der Waals surface area contributed by atoms with Crippen molar-refractivity contribution in [3.8, 4) is 0 Å². The Balaban J connectivity index is 1.33. The molecule has 154 valence electrons. The molecule has 0 radical (unpaired) electrons. The van der Waals surface area contributed by atoms with Crippen molar-refractivity contribution in [2.75, 3.05) is 62.3 Å². The van der Waals surface area contributed by atoms with Crippen LogP contribution in [0.25, 0.3) is 0 Å². The number of nitrogens with one attached hydrogen (secondary N) is 1. The van der Waals surface area contributed by atoms with Crippen LogP contribution in [0.3, 0.4) is 0 Å². The number of ether oxygens (including phenoxy) is 1. The number of piperazine rings is 1. The summed E-state index contributed by atoms with van der Waals surface area (Å²) in [6, 6.07) is 16.9. The summed E-state index contributed by atoms with van der Waals surface area (Å²) in [5, 5.41) is 3.06. The number of carbonyl (C=O) groups excluding carboxylic acids is 1. The van der Waals surface area contributed by atoms with Crippen LogP contribution in [0, 0.1) is 6.92 Å². The van der Waals surface area contributed by atoms with E-state index in [2.05, 4.69) is 58.4 Å². The van der Waals surface area contributed by atoms with Crippen LogP contribution < -0.4 is 15.1 Å². The average molecular weight is 395 g/mol. The van der Waals surface area contributed by atoms with Gasteiger partial charge in [-0.2, -0.15) is 0 Å². The molecule has 0 spiro atoms. The average Bonchev–Trinajstić information content (AvgIpc) is 2.78. The lowest BCUT2D eigenvalue weighted by atomic mass is 10.1. The van der Waals surface area contributed by atoms with Gasteiger partial charge in [0.2, 0.25) is 0 Å². The van der Waals surface area contributed by atoms with Crippen LogP contribution >= 0.6 is 0 Å². The van der Waals surface area contributed by atoms with Gasteiger partial charge in [-0.3, -0.25) is 0 Å². The fraction of sp³-hybridized carbons (Fsp3) is 0.435. The smallest absolute Gasteiger partial charge is 0.317 e. The Morgan fingerprint density at radius 3 is 2.21 bits per heavy atom. The van der Waals surface area contributed by atoms with Gasteiger partial charge in [0.25, 0.3) is 0 Å². The van der Waals surface area contributed by atoms with E-state index in [0.29, 0.717) is 6.54 Å². The first-order chi connectivity index (χ1) is 14.2. The molecule has 0 unspecified atom stereocenters. The number of amides is 2. The van der Waals surface area contributed by atoms with Gasteiger partial charge in [0.15, 0.2) is 0 Å². The van der Waals surface area contributed by atoms with Crippen LogP contribution in [0.2, 0.25) is 0 Å². The highest BCUT2D eigenvalue weighted by atomic mass is 16.5. The summed E-state index contributed by atoms with van der Waals surface area (Å²) >= 11 is 0. The van der Waals surface area contributed by atoms with Crippen LogP contribution in [-0.4, -0.2) is 63.4 Å². The summed E-state index contributed by atoms with van der Waals surface area (Å²) < 4.78 is 5.50. The van der Waals surface area contributed by atoms with E-state index >= 15 is 0 Å². The van der Waals surface area contributed by atoms with Crippen molar-refractivity contribution in [2.45, 2.75) is 13.5 Å². The molecule has 2 aliphatic rings. The monoisotopic (exact) mass is 394 g/mol. The van der Waals surface area contributed by atoms with Crippen molar-refractivity contribution in [3.63, 3.8) is 0 Å². The van der Waals surface area contributed by atoms with Gasteiger partial charge in [-0.25, -0.2) is 4.79 Å². The van der Waals surface area contributed by atoms with Crippen LogP contribution in [0.4, 0.5) is 16.2 Å². The Hall–Kier alpha value is -2.73. The van der Waals surface area contributed by atoms with Gasteiger partial charge in [0.1, 0.15) is 0 Å². The number of nitrogens with zero attached hydrogens (tertiary/aromatic N) is 3. The highest BCUT2D eigenvalue weighted by molar-refractivity contribution is 5.75. The molecule has 0 aromatic heterocycles. The number of hydrogen-bond donors (Lipinski definition) is 1. The summed E-state index contributed by atoms with van der Waals surface area (Å²) in [7, 11) is 0. The second-order valence-corrected chi connectivity index (χ2v) is 7.71. The molecule has 2 fully saturated rings. The SMILES string of the molecule is Cc1cccc(CNC(=O)N2CCN(c3ccccc3N3CCOCC3)CC2)c1. The normalized spacial score (nSPS) is 17.3. The number of anilines is 2. The highest BCUT2D eigenvalue weighted by Gasteiger charge is 2.24. The third-order valence-electron chi connectivity index (χ3n) is 5.67. The molecule has 2 amide bonds. The molecule has 2 aliphatic heterocycles. The predicted molar refractivity (Wildman–Crippen MR) is 117 cm³/mol. The van der Waals surface area contributed by atoms with E-state index in [-0.39, 0.29) is 6.03 Å². The van der Waals surface area contributed by atoms with E-state index in [4.69, 9.17) is 4.74 Å². The minimum atomic E-state index is 0.0209. The van der Waals surface area contributed by atoms with E-state index in [0.717, 1.165) is 58.0 Å². The van der Waals surface area contributed by atoms with Gasteiger partial charge >= 0.3 is 6.03 Å². The molecule has 2 heterocycles. The second-order valence-electron chi connectivity index (χ2n) is 7.71. The number of morpholine rings is 1. The largest absolute Gasteiger partial charge is 0.378 e. The molecule has 0 saturated carbocycles. The first kappa shape index (κ1) is 19.6. The number of urea groups is 1. The first-order valence-corrected chi connectivity index (χ1v) is 10.5. The van der Waals surface area contributed by atoms with Crippen molar-refractivity contribution in [1.82, 2.24) is 10.2 Å². The zero-order chi connectivity index (χ0) is 20.1. The number of benzene rings is 2. The number of hydrogen-bond acceptors (Lipinski definition) is 4. The van der Waals surface area contributed by atoms with E-state index in [1.54, 1.807) is 0 Å². The molecule has 0 atom stereocenters. The van der Waals surface area contributed by atoms with E-state index in [1.807, 2.05) is 17.0 Å². The zero-order valence-electron chi connectivity index (χ0n) is 17.1. The zero-order valence-corrected chi connectivity index (χ0v) is 17.1. The second kappa shape index (κ2) is 9.18. The van der Waals surface area contributed by atoms with Crippen LogP contribution in [-0.2, 0) is 11.3 Å². The minimum Gasteiger partial charge on any atom is -0.378 e. The summed E-state index contributed by atoms with van der Waals surface area (Å²) in [6.07, 6.45) is 0. The fourth-order valence-electron chi connectivity index (χ4n) is 4.07. The Kier molecular flexibility index (Phi) is 6.20. The Labute approximate surface area is 173 Å². The summed E-state index contributed by atoms with van der Waals surface area (Å²) in [6.45, 7) is 9.22. The van der Waals surface area contributed by atoms with Crippen LogP contribution in [0.15, 0.2) is 48.5 Å². The van der Waals surface area contributed by atoms with Crippen molar-refractivity contribution < 1.29 is 9.53 Å². The van der Waals surface area contributed by atoms with E-state index < -0.39 is 0 Å². The van der Waals surface area contributed by atoms with Gasteiger partial charge < -0.3 is 24.8 Å². The molecular formula is C23H30N4O2. The third-order valence-corrected chi connectivity index (χ3v) is 5.67. The maximum atomic E-state index is 12.6. The third kappa shape index (κ3) is 4.82. The summed E-state index contributed by atoms with van der Waals surface area (Å²) in [5.41, 5.74) is 4.88. The van der Waals surface area contributed by atoms with Crippen molar-refractivity contribution in [1.29, 1.82) is 0 Å². The topological polar surface area (TPSA) is 48.1 Å². The van der Waals surface area contributed by atoms with Gasteiger partial charge in [0, 0.05) is 45.8 Å². The number of aryl methyl sites for hydroxylation is 1. The lowest BCUT2D eigenvalue weighted by Gasteiger charge is -2.39. The minimum absolute atomic E-state index is 0.0209. The lowest BCUT2D eigenvalue weighted by molar-refractivity contribution is 0.122. The lowest BCUT2D eigenvalue weighted by Crippen LogP contribution is -2.52. The molecule has 4 rings (SSSR count). The Morgan fingerprint density at radius 2 is 1.55 bits per heavy atom. The van der Waals surface area contributed by atoms with Crippen LogP contribution in [0.5, 0.6) is 0 Å². The van der Waals surface area contributed by atoms with Gasteiger partial charge in [-0.15, -0.1) is 0 Å².